The summed E-state index contributed by atoms with van der Waals surface area (Å²) in [6.45, 7) is 6.71. The van der Waals surface area contributed by atoms with Gasteiger partial charge in [0.2, 0.25) is 0 Å². The highest BCUT2D eigenvalue weighted by molar-refractivity contribution is 6.46. The van der Waals surface area contributed by atoms with E-state index in [9.17, 15) is 19.1 Å². The van der Waals surface area contributed by atoms with Crippen LogP contribution in [0.3, 0.4) is 0 Å². The van der Waals surface area contributed by atoms with Crippen LogP contribution in [-0.2, 0) is 9.59 Å². The van der Waals surface area contributed by atoms with E-state index in [2.05, 4.69) is 4.90 Å². The van der Waals surface area contributed by atoms with E-state index < -0.39 is 29.3 Å². The van der Waals surface area contributed by atoms with Gasteiger partial charge < -0.3 is 24.4 Å². The summed E-state index contributed by atoms with van der Waals surface area (Å²) >= 11 is 0. The normalized spacial score (nSPS) is 20.1. The Labute approximate surface area is 204 Å². The van der Waals surface area contributed by atoms with E-state index in [1.807, 2.05) is 13.8 Å². The van der Waals surface area contributed by atoms with Crippen LogP contribution in [0.1, 0.15) is 43.9 Å². The lowest BCUT2D eigenvalue weighted by Crippen LogP contribution is -2.37. The average molecular weight is 483 g/mol. The quantitative estimate of drug-likeness (QED) is 0.346. The van der Waals surface area contributed by atoms with Gasteiger partial charge in [-0.05, 0) is 75.7 Å². The predicted octanol–water partition coefficient (Wildman–Crippen LogP) is 4.14. The number of hydrogen-bond acceptors (Lipinski definition) is 6. The van der Waals surface area contributed by atoms with Crippen molar-refractivity contribution in [2.24, 2.45) is 0 Å². The van der Waals surface area contributed by atoms with Gasteiger partial charge in [-0.15, -0.1) is 0 Å². The number of nitrogens with zero attached hydrogens (tertiary/aromatic N) is 2. The van der Waals surface area contributed by atoms with Crippen LogP contribution in [0.15, 0.2) is 48.0 Å². The summed E-state index contributed by atoms with van der Waals surface area (Å²) in [4.78, 5) is 30.1. The molecular weight excluding hydrogens is 451 g/mol. The van der Waals surface area contributed by atoms with E-state index in [0.29, 0.717) is 24.4 Å². The van der Waals surface area contributed by atoms with E-state index in [-0.39, 0.29) is 23.0 Å². The number of rotatable bonds is 8. The molecule has 2 heterocycles. The Balaban J connectivity index is 1.78. The van der Waals surface area contributed by atoms with Crippen LogP contribution >= 0.6 is 0 Å². The second kappa shape index (κ2) is 10.5. The number of likely N-dealkylation sites (tertiary alicyclic amines) is 2. The van der Waals surface area contributed by atoms with Gasteiger partial charge in [-0.1, -0.05) is 12.1 Å². The molecule has 186 valence electrons. The molecule has 2 aliphatic heterocycles. The van der Waals surface area contributed by atoms with Gasteiger partial charge in [-0.2, -0.15) is 0 Å². The lowest BCUT2D eigenvalue weighted by molar-refractivity contribution is -0.140. The lowest BCUT2D eigenvalue weighted by atomic mass is 9.95. The van der Waals surface area contributed by atoms with Crippen molar-refractivity contribution in [3.63, 3.8) is 0 Å². The fraction of sp³-hybridized carbons (Fsp3) is 0.407. The van der Waals surface area contributed by atoms with Crippen molar-refractivity contribution >= 4 is 17.4 Å². The minimum absolute atomic E-state index is 0.00705. The highest BCUT2D eigenvalue weighted by atomic mass is 19.1. The summed E-state index contributed by atoms with van der Waals surface area (Å²) in [5.74, 6) is -1.69. The Kier molecular flexibility index (Phi) is 7.40. The number of ether oxygens (including phenoxy) is 2. The van der Waals surface area contributed by atoms with Gasteiger partial charge >= 0.3 is 0 Å². The zero-order valence-electron chi connectivity index (χ0n) is 20.3. The summed E-state index contributed by atoms with van der Waals surface area (Å²) in [7, 11) is 1.39. The third-order valence-corrected chi connectivity index (χ3v) is 6.38. The number of carbonyl (C=O) groups is 2. The number of Topliss-reactive ketones (excluding diaryl/α,β-unsaturated/α-hetero) is 1. The third kappa shape index (κ3) is 5.17. The van der Waals surface area contributed by atoms with Crippen molar-refractivity contribution in [3.8, 4) is 11.5 Å². The van der Waals surface area contributed by atoms with E-state index >= 15 is 0 Å². The van der Waals surface area contributed by atoms with Crippen molar-refractivity contribution < 1.29 is 28.6 Å². The Hall–Kier alpha value is -3.39. The monoisotopic (exact) mass is 482 g/mol. The standard InChI is InChI=1S/C27H31FN2O5/c1-17(2)35-20-9-6-18(7-10-20)24-23(25(31)21-16-19(28)8-11-22(21)34-3)26(32)27(33)30(24)15-14-29-12-4-5-13-29/h6-11,16-17,24,31H,4-5,12-15H2,1-3H3/b25-23+. The summed E-state index contributed by atoms with van der Waals surface area (Å²) < 4.78 is 25.1. The highest BCUT2D eigenvalue weighted by Crippen LogP contribution is 2.41. The molecular formula is C27H31FN2O5. The summed E-state index contributed by atoms with van der Waals surface area (Å²) in [6.07, 6.45) is 2.21. The number of amides is 1. The molecule has 0 spiro atoms. The number of ketones is 1. The zero-order chi connectivity index (χ0) is 25.1. The molecule has 1 atom stereocenters. The second-order valence-electron chi connectivity index (χ2n) is 9.12. The van der Waals surface area contributed by atoms with Crippen LogP contribution in [0.2, 0.25) is 0 Å². The maximum atomic E-state index is 14.1. The summed E-state index contributed by atoms with van der Waals surface area (Å²) in [5.41, 5.74) is 0.589. The van der Waals surface area contributed by atoms with Crippen LogP contribution in [0.25, 0.3) is 5.76 Å². The van der Waals surface area contributed by atoms with Gasteiger partial charge in [-0.25, -0.2) is 4.39 Å². The highest BCUT2D eigenvalue weighted by Gasteiger charge is 2.46. The van der Waals surface area contributed by atoms with Crippen molar-refractivity contribution in [1.29, 1.82) is 0 Å². The zero-order valence-corrected chi connectivity index (χ0v) is 20.3. The number of methoxy groups -OCH3 is 1. The Morgan fingerprint density at radius 3 is 2.40 bits per heavy atom. The fourth-order valence-electron chi connectivity index (χ4n) is 4.72. The lowest BCUT2D eigenvalue weighted by Gasteiger charge is -2.27. The first-order valence-corrected chi connectivity index (χ1v) is 11.9. The molecule has 35 heavy (non-hydrogen) atoms. The molecule has 0 saturated carbocycles. The van der Waals surface area contributed by atoms with Gasteiger partial charge in [0.1, 0.15) is 23.1 Å². The van der Waals surface area contributed by atoms with Gasteiger partial charge in [0, 0.05) is 13.1 Å². The molecule has 7 nitrogen and oxygen atoms in total. The molecule has 0 aliphatic carbocycles. The SMILES string of the molecule is COc1ccc(F)cc1/C(O)=C1\C(=O)C(=O)N(CCN2CCCC2)C1c1ccc(OC(C)C)cc1. The second-order valence-corrected chi connectivity index (χ2v) is 9.12. The van der Waals surface area contributed by atoms with Crippen LogP contribution < -0.4 is 9.47 Å². The number of aliphatic hydroxyl groups is 1. The number of carbonyl (C=O) groups excluding carboxylic acids is 2. The van der Waals surface area contributed by atoms with Gasteiger partial charge in [0.25, 0.3) is 11.7 Å². The molecule has 0 radical (unpaired) electrons. The number of halogens is 1. The van der Waals surface area contributed by atoms with Crippen LogP contribution in [0, 0.1) is 5.82 Å². The van der Waals surface area contributed by atoms with Crippen LogP contribution in [-0.4, -0.2) is 66.0 Å². The van der Waals surface area contributed by atoms with E-state index in [1.165, 1.54) is 24.1 Å². The molecule has 0 bridgehead atoms. The van der Waals surface area contributed by atoms with Crippen LogP contribution in [0.5, 0.6) is 11.5 Å². The average Bonchev–Trinajstić information content (AvgIpc) is 3.44. The largest absolute Gasteiger partial charge is 0.507 e. The maximum absolute atomic E-state index is 14.1. The molecule has 1 N–H and O–H groups in total. The minimum Gasteiger partial charge on any atom is -0.507 e. The van der Waals surface area contributed by atoms with E-state index in [0.717, 1.165) is 32.0 Å². The minimum atomic E-state index is -0.821. The molecule has 2 aromatic carbocycles. The molecule has 1 amide bonds. The van der Waals surface area contributed by atoms with E-state index in [4.69, 9.17) is 9.47 Å². The number of hydrogen-bond donors (Lipinski definition) is 1. The maximum Gasteiger partial charge on any atom is 0.295 e. The van der Waals surface area contributed by atoms with Crippen molar-refractivity contribution in [2.75, 3.05) is 33.3 Å². The first-order valence-electron chi connectivity index (χ1n) is 11.9. The Morgan fingerprint density at radius 1 is 1.09 bits per heavy atom. The topological polar surface area (TPSA) is 79.3 Å². The summed E-state index contributed by atoms with van der Waals surface area (Å²) in [6, 6.07) is 9.98. The molecule has 2 aromatic rings. The molecule has 2 saturated heterocycles. The molecule has 0 aromatic heterocycles. The molecule has 2 aliphatic rings. The third-order valence-electron chi connectivity index (χ3n) is 6.38. The molecule has 1 unspecified atom stereocenters. The van der Waals surface area contributed by atoms with Gasteiger partial charge in [0.05, 0.1) is 30.4 Å². The number of benzene rings is 2. The predicted molar refractivity (Wildman–Crippen MR) is 130 cm³/mol. The smallest absolute Gasteiger partial charge is 0.295 e. The number of aliphatic hydroxyl groups excluding tert-OH is 1. The molecule has 2 fully saturated rings. The van der Waals surface area contributed by atoms with Crippen molar-refractivity contribution in [2.45, 2.75) is 38.8 Å². The fourth-order valence-corrected chi connectivity index (χ4v) is 4.72. The van der Waals surface area contributed by atoms with Crippen molar-refractivity contribution in [1.82, 2.24) is 9.80 Å². The molecule has 4 rings (SSSR count). The van der Waals surface area contributed by atoms with Crippen molar-refractivity contribution in [3.05, 3.63) is 65.0 Å². The Morgan fingerprint density at radius 2 is 1.77 bits per heavy atom. The Bertz CT molecular complexity index is 1120. The van der Waals surface area contributed by atoms with Crippen LogP contribution in [0.4, 0.5) is 4.39 Å². The first kappa shape index (κ1) is 24.7. The molecule has 8 heteroatoms. The summed E-state index contributed by atoms with van der Waals surface area (Å²) in [5, 5.41) is 11.2. The van der Waals surface area contributed by atoms with E-state index in [1.54, 1.807) is 24.3 Å². The van der Waals surface area contributed by atoms with Gasteiger partial charge in [0.15, 0.2) is 0 Å². The first-order chi connectivity index (χ1) is 16.8. The van der Waals surface area contributed by atoms with Gasteiger partial charge in [-0.3, -0.25) is 9.59 Å².